The molecular weight excluding hydrogens is 202 g/mol. The van der Waals surface area contributed by atoms with Crippen molar-refractivity contribution in [2.45, 2.75) is 19.8 Å². The first-order chi connectivity index (χ1) is 7.86. The number of morpholine rings is 1. The summed E-state index contributed by atoms with van der Waals surface area (Å²) in [6, 6.07) is 0. The zero-order valence-electron chi connectivity index (χ0n) is 10.7. The van der Waals surface area contributed by atoms with Gasteiger partial charge in [0, 0.05) is 39.3 Å². The molecule has 96 valence electrons. The molecule has 1 saturated heterocycles. The maximum Gasteiger partial charge on any atom is 0.0594 e. The van der Waals surface area contributed by atoms with E-state index in [0.717, 1.165) is 52.5 Å². The van der Waals surface area contributed by atoms with Crippen molar-refractivity contribution in [2.75, 3.05) is 59.0 Å². The van der Waals surface area contributed by atoms with E-state index in [9.17, 15) is 0 Å². The molecule has 0 amide bonds. The van der Waals surface area contributed by atoms with Crippen molar-refractivity contribution in [1.82, 2.24) is 9.80 Å². The van der Waals surface area contributed by atoms with E-state index in [-0.39, 0.29) is 0 Å². The van der Waals surface area contributed by atoms with Crippen LogP contribution in [0.25, 0.3) is 0 Å². The zero-order valence-corrected chi connectivity index (χ0v) is 10.7. The fraction of sp³-hybridized carbons (Fsp3) is 1.00. The summed E-state index contributed by atoms with van der Waals surface area (Å²) >= 11 is 0. The van der Waals surface area contributed by atoms with Crippen molar-refractivity contribution < 1.29 is 4.74 Å². The summed E-state index contributed by atoms with van der Waals surface area (Å²) in [4.78, 5) is 4.97. The monoisotopic (exact) mass is 229 g/mol. The predicted octanol–water partition coefficient (Wildman–Crippen LogP) is 0.379. The highest BCUT2D eigenvalue weighted by molar-refractivity contribution is 4.66. The van der Waals surface area contributed by atoms with Gasteiger partial charge in [0.15, 0.2) is 0 Å². The lowest BCUT2D eigenvalue weighted by atomic mass is 10.3. The van der Waals surface area contributed by atoms with Crippen molar-refractivity contribution in [2.24, 2.45) is 5.73 Å². The fourth-order valence-electron chi connectivity index (χ4n) is 2.01. The highest BCUT2D eigenvalue weighted by Crippen LogP contribution is 1.99. The summed E-state index contributed by atoms with van der Waals surface area (Å²) in [5.41, 5.74) is 5.63. The Kier molecular flexibility index (Phi) is 7.76. The molecule has 2 N–H and O–H groups in total. The molecule has 0 spiro atoms. The highest BCUT2D eigenvalue weighted by Gasteiger charge is 2.11. The zero-order chi connectivity index (χ0) is 11.6. The van der Waals surface area contributed by atoms with Crippen LogP contribution < -0.4 is 5.73 Å². The minimum Gasteiger partial charge on any atom is -0.379 e. The van der Waals surface area contributed by atoms with E-state index in [1.807, 2.05) is 0 Å². The molecule has 0 bridgehead atoms. The highest BCUT2D eigenvalue weighted by atomic mass is 16.5. The second kappa shape index (κ2) is 8.93. The summed E-state index contributed by atoms with van der Waals surface area (Å²) in [5.74, 6) is 0. The number of nitrogens with two attached hydrogens (primary N) is 1. The van der Waals surface area contributed by atoms with Gasteiger partial charge in [0.1, 0.15) is 0 Å². The largest absolute Gasteiger partial charge is 0.379 e. The summed E-state index contributed by atoms with van der Waals surface area (Å²) in [6.07, 6.45) is 2.54. The van der Waals surface area contributed by atoms with E-state index in [1.54, 1.807) is 0 Å². The molecule has 1 aliphatic rings. The van der Waals surface area contributed by atoms with Gasteiger partial charge in [-0.1, -0.05) is 13.3 Å². The van der Waals surface area contributed by atoms with Crippen molar-refractivity contribution in [3.63, 3.8) is 0 Å². The molecule has 0 aromatic carbocycles. The first-order valence-corrected chi connectivity index (χ1v) is 6.59. The molecule has 4 nitrogen and oxygen atoms in total. The van der Waals surface area contributed by atoms with Crippen LogP contribution in [0.3, 0.4) is 0 Å². The Labute approximate surface area is 99.7 Å². The van der Waals surface area contributed by atoms with E-state index in [0.29, 0.717) is 0 Å². The average molecular weight is 229 g/mol. The van der Waals surface area contributed by atoms with Gasteiger partial charge in [-0.3, -0.25) is 4.90 Å². The molecule has 0 aromatic rings. The Hall–Kier alpha value is -0.160. The number of hydrogen-bond donors (Lipinski definition) is 1. The standard InChI is InChI=1S/C12H27N3O/c1-2-3-5-14(6-4-13)7-8-15-9-11-16-12-10-15/h2-13H2,1H3. The first kappa shape index (κ1) is 13.9. The van der Waals surface area contributed by atoms with Crippen LogP contribution in [0.15, 0.2) is 0 Å². The molecule has 0 atom stereocenters. The van der Waals surface area contributed by atoms with Gasteiger partial charge < -0.3 is 15.4 Å². The quantitative estimate of drug-likeness (QED) is 0.653. The van der Waals surface area contributed by atoms with Gasteiger partial charge in [0.25, 0.3) is 0 Å². The third-order valence-corrected chi connectivity index (χ3v) is 3.11. The van der Waals surface area contributed by atoms with Crippen LogP contribution in [0.4, 0.5) is 0 Å². The lowest BCUT2D eigenvalue weighted by Crippen LogP contribution is -2.42. The van der Waals surface area contributed by atoms with Crippen LogP contribution in [0.5, 0.6) is 0 Å². The number of hydrogen-bond acceptors (Lipinski definition) is 4. The summed E-state index contributed by atoms with van der Waals surface area (Å²) < 4.78 is 5.34. The first-order valence-electron chi connectivity index (χ1n) is 6.59. The van der Waals surface area contributed by atoms with Gasteiger partial charge in [0.2, 0.25) is 0 Å². The SMILES string of the molecule is CCCCN(CCN)CCN1CCOCC1. The number of ether oxygens (including phenoxy) is 1. The molecule has 0 aliphatic carbocycles. The van der Waals surface area contributed by atoms with Crippen LogP contribution in [-0.2, 0) is 4.74 Å². The fourth-order valence-corrected chi connectivity index (χ4v) is 2.01. The molecular formula is C12H27N3O. The predicted molar refractivity (Wildman–Crippen MR) is 67.7 cm³/mol. The Bertz CT molecular complexity index is 160. The Morgan fingerprint density at radius 2 is 1.94 bits per heavy atom. The number of rotatable bonds is 8. The van der Waals surface area contributed by atoms with Gasteiger partial charge >= 0.3 is 0 Å². The lowest BCUT2D eigenvalue weighted by Gasteiger charge is -2.29. The Balaban J connectivity index is 2.14. The normalized spacial score (nSPS) is 18.2. The van der Waals surface area contributed by atoms with Crippen LogP contribution in [-0.4, -0.2) is 68.8 Å². The Morgan fingerprint density at radius 3 is 2.56 bits per heavy atom. The molecule has 0 aromatic heterocycles. The van der Waals surface area contributed by atoms with Gasteiger partial charge in [-0.05, 0) is 13.0 Å². The molecule has 1 aliphatic heterocycles. The van der Waals surface area contributed by atoms with Crippen molar-refractivity contribution >= 4 is 0 Å². The second-order valence-electron chi connectivity index (χ2n) is 4.44. The third-order valence-electron chi connectivity index (χ3n) is 3.11. The Morgan fingerprint density at radius 1 is 1.19 bits per heavy atom. The number of unbranched alkanes of at least 4 members (excludes halogenated alkanes) is 1. The van der Waals surface area contributed by atoms with Gasteiger partial charge in [0.05, 0.1) is 13.2 Å². The molecule has 1 rings (SSSR count). The van der Waals surface area contributed by atoms with E-state index in [4.69, 9.17) is 10.5 Å². The maximum atomic E-state index is 5.63. The molecule has 4 heteroatoms. The van der Waals surface area contributed by atoms with E-state index in [2.05, 4.69) is 16.7 Å². The van der Waals surface area contributed by atoms with Crippen LogP contribution in [0, 0.1) is 0 Å². The molecule has 1 fully saturated rings. The molecule has 0 saturated carbocycles. The van der Waals surface area contributed by atoms with E-state index < -0.39 is 0 Å². The molecule has 16 heavy (non-hydrogen) atoms. The van der Waals surface area contributed by atoms with Crippen LogP contribution >= 0.6 is 0 Å². The second-order valence-corrected chi connectivity index (χ2v) is 4.44. The van der Waals surface area contributed by atoms with Gasteiger partial charge in [-0.25, -0.2) is 0 Å². The van der Waals surface area contributed by atoms with Crippen molar-refractivity contribution in [3.8, 4) is 0 Å². The number of nitrogens with zero attached hydrogens (tertiary/aromatic N) is 2. The smallest absolute Gasteiger partial charge is 0.0594 e. The van der Waals surface area contributed by atoms with Gasteiger partial charge in [-0.15, -0.1) is 0 Å². The van der Waals surface area contributed by atoms with Gasteiger partial charge in [-0.2, -0.15) is 0 Å². The molecule has 1 heterocycles. The summed E-state index contributed by atoms with van der Waals surface area (Å²) in [7, 11) is 0. The summed E-state index contributed by atoms with van der Waals surface area (Å²) in [5, 5.41) is 0. The minimum absolute atomic E-state index is 0.771. The lowest BCUT2D eigenvalue weighted by molar-refractivity contribution is 0.0334. The maximum absolute atomic E-state index is 5.63. The van der Waals surface area contributed by atoms with Crippen LogP contribution in [0.2, 0.25) is 0 Å². The molecule has 0 unspecified atom stereocenters. The molecule has 0 radical (unpaired) electrons. The third kappa shape index (κ3) is 5.80. The van der Waals surface area contributed by atoms with Crippen molar-refractivity contribution in [1.29, 1.82) is 0 Å². The average Bonchev–Trinajstić information content (AvgIpc) is 2.34. The minimum atomic E-state index is 0.771. The van der Waals surface area contributed by atoms with Crippen LogP contribution in [0.1, 0.15) is 19.8 Å². The van der Waals surface area contributed by atoms with Crippen molar-refractivity contribution in [3.05, 3.63) is 0 Å². The van der Waals surface area contributed by atoms with E-state index >= 15 is 0 Å². The topological polar surface area (TPSA) is 41.7 Å². The van der Waals surface area contributed by atoms with E-state index in [1.165, 1.54) is 19.4 Å². The summed E-state index contributed by atoms with van der Waals surface area (Å²) in [6.45, 7) is 11.5.